The molecule has 0 atom stereocenters. The quantitative estimate of drug-likeness (QED) is 0.325. The number of nitrogens with one attached hydrogen (secondary N) is 1. The third-order valence-corrected chi connectivity index (χ3v) is 6.36. The molecule has 0 radical (unpaired) electrons. The third-order valence-electron chi connectivity index (χ3n) is 6.36. The number of furan rings is 1. The van der Waals surface area contributed by atoms with Crippen LogP contribution in [0.25, 0.3) is 38.4 Å². The van der Waals surface area contributed by atoms with Gasteiger partial charge in [0, 0.05) is 62.4 Å². The van der Waals surface area contributed by atoms with Gasteiger partial charge in [-0.2, -0.15) is 0 Å². The molecule has 37 heavy (non-hydrogen) atoms. The summed E-state index contributed by atoms with van der Waals surface area (Å²) in [6.45, 7) is 9.05. The molecular formula is C28H24F2N4O3. The summed E-state index contributed by atoms with van der Waals surface area (Å²) in [5.74, 6) is -2.38. The van der Waals surface area contributed by atoms with E-state index < -0.39 is 17.5 Å². The summed E-state index contributed by atoms with van der Waals surface area (Å²) in [4.78, 5) is 21.4. The Morgan fingerprint density at radius 1 is 1.11 bits per heavy atom. The molecule has 1 fully saturated rings. The molecule has 0 spiro atoms. The third kappa shape index (κ3) is 4.76. The second kappa shape index (κ2) is 9.99. The predicted molar refractivity (Wildman–Crippen MR) is 137 cm³/mol. The summed E-state index contributed by atoms with van der Waals surface area (Å²) >= 11 is 0. The molecule has 9 heteroatoms. The molecule has 5 rings (SSSR count). The van der Waals surface area contributed by atoms with Gasteiger partial charge in [0.15, 0.2) is 5.58 Å². The Hall–Kier alpha value is -4.29. The monoisotopic (exact) mass is 502 g/mol. The van der Waals surface area contributed by atoms with E-state index in [-0.39, 0.29) is 22.9 Å². The van der Waals surface area contributed by atoms with Crippen LogP contribution < -0.4 is 5.32 Å². The number of carbonyl (C=O) groups excluding carboxylic acids is 1. The smallest absolute Gasteiger partial charge is 0.253 e. The van der Waals surface area contributed by atoms with Crippen molar-refractivity contribution in [1.29, 1.82) is 0 Å². The molecule has 2 aromatic carbocycles. The minimum atomic E-state index is -0.912. The second-order valence-corrected chi connectivity index (χ2v) is 9.07. The fourth-order valence-corrected chi connectivity index (χ4v) is 4.45. The van der Waals surface area contributed by atoms with E-state index in [0.29, 0.717) is 41.1 Å². The fraction of sp³-hybridized carbons (Fsp3) is 0.250. The summed E-state index contributed by atoms with van der Waals surface area (Å²) in [6.07, 6.45) is 3.32. The molecule has 2 aromatic heterocycles. The minimum Gasteiger partial charge on any atom is -0.453 e. The molecule has 0 bridgehead atoms. The van der Waals surface area contributed by atoms with Gasteiger partial charge in [-0.15, -0.1) is 0 Å². The first kappa shape index (κ1) is 24.4. The van der Waals surface area contributed by atoms with E-state index in [4.69, 9.17) is 15.7 Å². The Morgan fingerprint density at radius 3 is 2.51 bits per heavy atom. The number of ether oxygens (including phenoxy) is 1. The van der Waals surface area contributed by atoms with Crippen molar-refractivity contribution in [3.05, 3.63) is 77.3 Å². The number of benzene rings is 2. The van der Waals surface area contributed by atoms with Crippen molar-refractivity contribution < 1.29 is 22.7 Å². The lowest BCUT2D eigenvalue weighted by Crippen LogP contribution is -2.27. The van der Waals surface area contributed by atoms with Crippen molar-refractivity contribution in [1.82, 2.24) is 9.88 Å². The molecule has 0 saturated carbocycles. The highest BCUT2D eigenvalue weighted by Crippen LogP contribution is 2.38. The van der Waals surface area contributed by atoms with Crippen molar-refractivity contribution in [2.45, 2.75) is 18.9 Å². The zero-order chi connectivity index (χ0) is 26.1. The fourth-order valence-electron chi connectivity index (χ4n) is 4.45. The molecule has 4 aromatic rings. The number of nitrogens with zero attached hydrogens (tertiary/aromatic N) is 3. The van der Waals surface area contributed by atoms with E-state index in [1.165, 1.54) is 25.1 Å². The molecular weight excluding hydrogens is 478 g/mol. The van der Waals surface area contributed by atoms with Crippen LogP contribution in [0, 0.1) is 18.2 Å². The minimum absolute atomic E-state index is 0.0444. The van der Waals surface area contributed by atoms with Gasteiger partial charge in [-0.05, 0) is 48.7 Å². The summed E-state index contributed by atoms with van der Waals surface area (Å²) in [6, 6.07) is 10.9. The van der Waals surface area contributed by atoms with E-state index in [2.05, 4.69) is 15.1 Å². The van der Waals surface area contributed by atoms with Crippen LogP contribution in [0.2, 0.25) is 0 Å². The summed E-state index contributed by atoms with van der Waals surface area (Å²) < 4.78 is 41.3. The molecule has 0 unspecified atom stereocenters. The van der Waals surface area contributed by atoms with Crippen LogP contribution in [0.1, 0.15) is 23.2 Å². The summed E-state index contributed by atoms with van der Waals surface area (Å²) in [7, 11) is 3.01. The molecule has 3 heterocycles. The number of pyridine rings is 1. The van der Waals surface area contributed by atoms with Gasteiger partial charge in [0.25, 0.3) is 5.91 Å². The Bertz CT molecular complexity index is 1510. The zero-order valence-corrected chi connectivity index (χ0v) is 20.3. The van der Waals surface area contributed by atoms with Crippen LogP contribution in [0.15, 0.2) is 53.1 Å². The number of rotatable bonds is 5. The average Bonchev–Trinajstić information content (AvgIpc) is 3.32. The van der Waals surface area contributed by atoms with Crippen molar-refractivity contribution in [2.24, 2.45) is 0 Å². The van der Waals surface area contributed by atoms with E-state index in [1.807, 2.05) is 12.1 Å². The van der Waals surface area contributed by atoms with Gasteiger partial charge in [0.1, 0.15) is 22.9 Å². The van der Waals surface area contributed by atoms with Crippen molar-refractivity contribution >= 4 is 28.4 Å². The van der Waals surface area contributed by atoms with Crippen molar-refractivity contribution in [2.75, 3.05) is 32.6 Å². The lowest BCUT2D eigenvalue weighted by Gasteiger charge is -2.25. The maximum absolute atomic E-state index is 15.0. The van der Waals surface area contributed by atoms with E-state index in [1.54, 1.807) is 18.3 Å². The Morgan fingerprint density at radius 2 is 1.84 bits per heavy atom. The number of anilines is 1. The number of amides is 1. The van der Waals surface area contributed by atoms with Crippen LogP contribution in [-0.4, -0.2) is 49.1 Å². The number of aromatic nitrogens is 1. The van der Waals surface area contributed by atoms with Crippen molar-refractivity contribution in [3.63, 3.8) is 0 Å². The number of hydrogen-bond donors (Lipinski definition) is 1. The average molecular weight is 503 g/mol. The Balaban J connectivity index is 1.52. The highest BCUT2D eigenvalue weighted by atomic mass is 19.1. The lowest BCUT2D eigenvalue weighted by atomic mass is 10.0. The first-order valence-electron chi connectivity index (χ1n) is 11.8. The van der Waals surface area contributed by atoms with Gasteiger partial charge in [-0.25, -0.2) is 13.6 Å². The highest BCUT2D eigenvalue weighted by Gasteiger charge is 2.22. The normalized spacial score (nSPS) is 13.9. The van der Waals surface area contributed by atoms with E-state index >= 15 is 0 Å². The van der Waals surface area contributed by atoms with Gasteiger partial charge in [-0.3, -0.25) is 9.78 Å². The van der Waals surface area contributed by atoms with Gasteiger partial charge in [0.2, 0.25) is 5.69 Å². The SMILES string of the molecule is [C-]#[N+]c1cc(-c2ccnc3cc(-c4c(F)cc(C(=O)N(C)C)cc4F)oc23)ccc1NC1CCOCC1. The number of fused-ring (bicyclic) bond motifs is 1. The molecule has 188 valence electrons. The summed E-state index contributed by atoms with van der Waals surface area (Å²) in [5.41, 5.74) is 2.83. The van der Waals surface area contributed by atoms with Crippen LogP contribution in [-0.2, 0) is 4.74 Å². The molecule has 7 nitrogen and oxygen atoms in total. The van der Waals surface area contributed by atoms with Crippen LogP contribution in [0.4, 0.5) is 20.2 Å². The Kier molecular flexibility index (Phi) is 6.59. The zero-order valence-electron chi connectivity index (χ0n) is 20.3. The van der Waals surface area contributed by atoms with Crippen LogP contribution in [0.5, 0.6) is 0 Å². The van der Waals surface area contributed by atoms with Gasteiger partial charge in [0.05, 0.1) is 12.1 Å². The molecule has 1 saturated heterocycles. The molecule has 1 aliphatic heterocycles. The predicted octanol–water partition coefficient (Wildman–Crippen LogP) is 6.28. The van der Waals surface area contributed by atoms with Gasteiger partial charge in [-0.1, -0.05) is 6.07 Å². The topological polar surface area (TPSA) is 72.0 Å². The highest BCUT2D eigenvalue weighted by molar-refractivity contribution is 5.96. The number of carbonyl (C=O) groups is 1. The number of hydrogen-bond acceptors (Lipinski definition) is 5. The van der Waals surface area contributed by atoms with E-state index in [0.717, 1.165) is 30.7 Å². The molecule has 1 aliphatic rings. The standard InChI is InChI=1S/C28H24F2N4O3/c1-31-23-14-16(4-5-22(23)33-18-7-10-36-11-8-18)19-6-9-32-24-15-25(37-27(19)24)26-20(29)12-17(13-21(26)30)28(35)34(2)3/h4-6,9,12-15,18,33H,7-8,10-11H2,2-3H3. The lowest BCUT2D eigenvalue weighted by molar-refractivity contribution is 0.0826. The first-order chi connectivity index (χ1) is 17.9. The van der Waals surface area contributed by atoms with Crippen LogP contribution >= 0.6 is 0 Å². The Labute approximate surface area is 212 Å². The van der Waals surface area contributed by atoms with Gasteiger partial charge < -0.3 is 19.4 Å². The maximum atomic E-state index is 15.0. The molecule has 0 aliphatic carbocycles. The second-order valence-electron chi connectivity index (χ2n) is 9.07. The molecule has 1 N–H and O–H groups in total. The maximum Gasteiger partial charge on any atom is 0.253 e. The summed E-state index contributed by atoms with van der Waals surface area (Å²) in [5, 5.41) is 3.43. The van der Waals surface area contributed by atoms with Crippen molar-refractivity contribution in [3.8, 4) is 22.5 Å². The molecule has 1 amide bonds. The van der Waals surface area contributed by atoms with Crippen LogP contribution in [0.3, 0.4) is 0 Å². The van der Waals surface area contributed by atoms with E-state index in [9.17, 15) is 13.6 Å². The largest absolute Gasteiger partial charge is 0.453 e. The van der Waals surface area contributed by atoms with Gasteiger partial charge >= 0.3 is 0 Å². The number of halogens is 2. The first-order valence-corrected chi connectivity index (χ1v) is 11.8.